The van der Waals surface area contributed by atoms with Crippen LogP contribution in [-0.2, 0) is 20.7 Å². The van der Waals surface area contributed by atoms with Gasteiger partial charge in [0.15, 0.2) is 0 Å². The summed E-state index contributed by atoms with van der Waals surface area (Å²) >= 11 is 0. The van der Waals surface area contributed by atoms with Crippen molar-refractivity contribution in [1.29, 1.82) is 0 Å². The molecule has 3 rings (SSSR count). The number of nitrogens with two attached hydrogens (primary N) is 1. The monoisotopic (exact) mass is 506 g/mol. The van der Waals surface area contributed by atoms with Crippen molar-refractivity contribution in [2.24, 2.45) is 11.1 Å². The topological polar surface area (TPSA) is 152 Å². The van der Waals surface area contributed by atoms with Gasteiger partial charge in [-0.05, 0) is 61.8 Å². The summed E-state index contributed by atoms with van der Waals surface area (Å²) in [6.07, 6.45) is 3.40. The lowest BCUT2D eigenvalue weighted by atomic mass is 9.87. The van der Waals surface area contributed by atoms with Crippen molar-refractivity contribution < 1.29 is 29.0 Å². The van der Waals surface area contributed by atoms with Crippen molar-refractivity contribution in [3.05, 3.63) is 29.8 Å². The molecule has 0 aromatic heterocycles. The zero-order valence-corrected chi connectivity index (χ0v) is 21.7. The van der Waals surface area contributed by atoms with Crippen LogP contribution < -0.4 is 26.4 Å². The number of hydrogen-bond acceptors (Lipinski definition) is 6. The quantitative estimate of drug-likeness (QED) is 0.356. The van der Waals surface area contributed by atoms with E-state index in [0.29, 0.717) is 39.2 Å². The summed E-state index contributed by atoms with van der Waals surface area (Å²) in [4.78, 5) is 37.7. The van der Waals surface area contributed by atoms with Crippen LogP contribution >= 0.6 is 0 Å². The molecule has 2 aliphatic heterocycles. The molecule has 202 valence electrons. The SMILES string of the molecule is CC(C)(C)[C@H]1COCCCCOc2ccc(cc2)C[C@@H](NC(=O)NC(CCCCN)C(=O)O)C(=O)N1. The van der Waals surface area contributed by atoms with Gasteiger partial charge in [-0.2, -0.15) is 0 Å². The minimum atomic E-state index is -1.13. The molecule has 36 heavy (non-hydrogen) atoms. The van der Waals surface area contributed by atoms with Gasteiger partial charge in [-0.1, -0.05) is 32.9 Å². The number of carboxylic acids is 1. The van der Waals surface area contributed by atoms with Crippen LogP contribution in [0.5, 0.6) is 5.75 Å². The van der Waals surface area contributed by atoms with Crippen molar-refractivity contribution in [1.82, 2.24) is 16.0 Å². The Kier molecular flexibility index (Phi) is 12.0. The van der Waals surface area contributed by atoms with Gasteiger partial charge in [0.1, 0.15) is 17.8 Å². The zero-order valence-electron chi connectivity index (χ0n) is 21.7. The number of hydrogen-bond donors (Lipinski definition) is 5. The molecule has 10 nitrogen and oxygen atoms in total. The molecule has 0 aliphatic carbocycles. The number of nitrogens with one attached hydrogen (secondary N) is 3. The molecule has 1 unspecified atom stereocenters. The molecule has 10 heteroatoms. The smallest absolute Gasteiger partial charge is 0.326 e. The normalized spacial score (nSPS) is 20.6. The predicted molar refractivity (Wildman–Crippen MR) is 137 cm³/mol. The first-order valence-electron chi connectivity index (χ1n) is 12.7. The second kappa shape index (κ2) is 14.6. The Morgan fingerprint density at radius 3 is 2.50 bits per heavy atom. The summed E-state index contributed by atoms with van der Waals surface area (Å²) in [5, 5.41) is 17.7. The molecule has 0 radical (unpaired) electrons. The Hall–Kier alpha value is -2.85. The summed E-state index contributed by atoms with van der Waals surface area (Å²) in [5.41, 5.74) is 6.03. The minimum Gasteiger partial charge on any atom is -0.494 e. The first-order chi connectivity index (χ1) is 17.1. The van der Waals surface area contributed by atoms with Crippen molar-refractivity contribution in [3.63, 3.8) is 0 Å². The number of benzene rings is 1. The molecule has 3 atom stereocenters. The van der Waals surface area contributed by atoms with Crippen molar-refractivity contribution in [3.8, 4) is 5.75 Å². The van der Waals surface area contributed by atoms with Gasteiger partial charge in [-0.25, -0.2) is 9.59 Å². The highest BCUT2D eigenvalue weighted by molar-refractivity contribution is 5.89. The molecular weight excluding hydrogens is 464 g/mol. The lowest BCUT2D eigenvalue weighted by molar-refractivity contribution is -0.139. The molecule has 2 bridgehead atoms. The fourth-order valence-electron chi connectivity index (χ4n) is 3.75. The number of carboxylic acid groups (broad SMARTS) is 1. The second-order valence-electron chi connectivity index (χ2n) is 10.3. The molecule has 2 heterocycles. The molecule has 0 fully saturated rings. The number of amides is 3. The fourth-order valence-corrected chi connectivity index (χ4v) is 3.75. The van der Waals surface area contributed by atoms with Gasteiger partial charge in [-0.15, -0.1) is 0 Å². The van der Waals surface area contributed by atoms with E-state index < -0.39 is 24.1 Å². The third-order valence-electron chi connectivity index (χ3n) is 6.13. The number of aliphatic carboxylic acids is 1. The highest BCUT2D eigenvalue weighted by Gasteiger charge is 2.31. The van der Waals surface area contributed by atoms with Gasteiger partial charge in [0.05, 0.1) is 19.3 Å². The average Bonchev–Trinajstić information content (AvgIpc) is 2.81. The third kappa shape index (κ3) is 10.4. The van der Waals surface area contributed by atoms with Gasteiger partial charge in [-0.3, -0.25) is 4.79 Å². The van der Waals surface area contributed by atoms with Gasteiger partial charge < -0.3 is 36.3 Å². The number of rotatable bonds is 7. The Morgan fingerprint density at radius 2 is 1.86 bits per heavy atom. The van der Waals surface area contributed by atoms with Crippen molar-refractivity contribution in [2.45, 2.75) is 77.4 Å². The van der Waals surface area contributed by atoms with Crippen LogP contribution in [0.15, 0.2) is 24.3 Å². The summed E-state index contributed by atoms with van der Waals surface area (Å²) in [7, 11) is 0. The molecule has 0 saturated carbocycles. The Bertz CT molecular complexity index is 840. The summed E-state index contributed by atoms with van der Waals surface area (Å²) in [6.45, 7) is 7.97. The average molecular weight is 507 g/mol. The summed E-state index contributed by atoms with van der Waals surface area (Å²) in [6, 6.07) is 4.40. The van der Waals surface area contributed by atoms with E-state index in [1.807, 2.05) is 45.0 Å². The maximum absolute atomic E-state index is 13.4. The number of ether oxygens (including phenoxy) is 2. The molecule has 1 aromatic carbocycles. The van der Waals surface area contributed by atoms with E-state index in [4.69, 9.17) is 15.2 Å². The zero-order chi connectivity index (χ0) is 26.6. The van der Waals surface area contributed by atoms with E-state index in [1.54, 1.807) is 0 Å². The lowest BCUT2D eigenvalue weighted by Crippen LogP contribution is -2.57. The highest BCUT2D eigenvalue weighted by atomic mass is 16.5. The molecule has 2 aliphatic rings. The van der Waals surface area contributed by atoms with E-state index in [-0.39, 0.29) is 30.2 Å². The Balaban J connectivity index is 2.21. The standard InChI is InChI=1S/C26H42N4O6/c1-26(2,3)22-17-35-14-6-7-15-36-19-11-9-18(10-12-19)16-21(23(31)30-22)29-25(34)28-20(24(32)33)8-4-5-13-27/h9-12,20-22H,4-8,13-17,27H2,1-3H3,(H,30,31)(H,32,33)(H2,28,29,34)/t20?,21-,22-/m1/s1. The first kappa shape index (κ1) is 29.4. The van der Waals surface area contributed by atoms with E-state index in [1.165, 1.54) is 0 Å². The van der Waals surface area contributed by atoms with E-state index >= 15 is 0 Å². The summed E-state index contributed by atoms with van der Waals surface area (Å²) < 4.78 is 11.6. The molecule has 0 saturated heterocycles. The Morgan fingerprint density at radius 1 is 1.17 bits per heavy atom. The molecule has 3 amide bonds. The first-order valence-corrected chi connectivity index (χ1v) is 12.7. The van der Waals surface area contributed by atoms with E-state index in [0.717, 1.165) is 24.2 Å². The van der Waals surface area contributed by atoms with Crippen LogP contribution in [0.25, 0.3) is 0 Å². The van der Waals surface area contributed by atoms with Gasteiger partial charge in [0, 0.05) is 13.0 Å². The Labute approximate surface area is 213 Å². The van der Waals surface area contributed by atoms with Gasteiger partial charge >= 0.3 is 12.0 Å². The van der Waals surface area contributed by atoms with Crippen LogP contribution in [0, 0.1) is 5.41 Å². The molecule has 0 spiro atoms. The maximum Gasteiger partial charge on any atom is 0.326 e. The van der Waals surface area contributed by atoms with Crippen molar-refractivity contribution in [2.75, 3.05) is 26.4 Å². The van der Waals surface area contributed by atoms with Crippen LogP contribution in [-0.4, -0.2) is 67.5 Å². The second-order valence-corrected chi connectivity index (χ2v) is 10.3. The number of unbranched alkanes of at least 4 members (excludes halogenated alkanes) is 1. The van der Waals surface area contributed by atoms with E-state index in [9.17, 15) is 19.5 Å². The van der Waals surface area contributed by atoms with Crippen LogP contribution in [0.2, 0.25) is 0 Å². The number of urea groups is 1. The largest absolute Gasteiger partial charge is 0.494 e. The van der Waals surface area contributed by atoms with Gasteiger partial charge in [0.2, 0.25) is 5.91 Å². The summed E-state index contributed by atoms with van der Waals surface area (Å²) in [5.74, 6) is -0.769. The minimum absolute atomic E-state index is 0.224. The predicted octanol–water partition coefficient (Wildman–Crippen LogP) is 2.20. The maximum atomic E-state index is 13.4. The fraction of sp³-hybridized carbons (Fsp3) is 0.654. The molecule has 1 aromatic rings. The van der Waals surface area contributed by atoms with Crippen molar-refractivity contribution >= 4 is 17.9 Å². The lowest BCUT2D eigenvalue weighted by Gasteiger charge is -2.33. The third-order valence-corrected chi connectivity index (χ3v) is 6.13. The number of carbonyl (C=O) groups excluding carboxylic acids is 2. The van der Waals surface area contributed by atoms with E-state index in [2.05, 4.69) is 16.0 Å². The van der Waals surface area contributed by atoms with Gasteiger partial charge in [0.25, 0.3) is 0 Å². The highest BCUT2D eigenvalue weighted by Crippen LogP contribution is 2.21. The van der Waals surface area contributed by atoms with Crippen LogP contribution in [0.1, 0.15) is 58.4 Å². The number of fused-ring (bicyclic) bond motifs is 13. The number of carbonyl (C=O) groups is 3. The van der Waals surface area contributed by atoms with Crippen LogP contribution in [0.3, 0.4) is 0 Å². The molecular formula is C26H42N4O6. The van der Waals surface area contributed by atoms with Crippen LogP contribution in [0.4, 0.5) is 4.79 Å². The molecule has 6 N–H and O–H groups in total.